The number of aliphatic hydroxyl groups excluding tert-OH is 2. The van der Waals surface area contributed by atoms with E-state index in [9.17, 15) is 15.0 Å². The second kappa shape index (κ2) is 4.92. The number of aliphatic hydroxyl groups is 2. The first-order valence-electron chi connectivity index (χ1n) is 5.79. The topological polar surface area (TPSA) is 76.0 Å². The first-order valence-corrected chi connectivity index (χ1v) is 5.79. The summed E-state index contributed by atoms with van der Waals surface area (Å²) in [7, 11) is 1.28. The standard InChI is InChI=1S/C12H22O5/c1-6-7(13)8(14)10(12(2,3)4)17-9(6)11(15)16-5/h6-10,13-14H,1-5H3/t6?,7-,8?,9-,10+/m0/s1. The van der Waals surface area contributed by atoms with Crippen molar-refractivity contribution in [2.24, 2.45) is 11.3 Å². The van der Waals surface area contributed by atoms with Gasteiger partial charge in [0.15, 0.2) is 6.10 Å². The van der Waals surface area contributed by atoms with Gasteiger partial charge in [-0.15, -0.1) is 0 Å². The lowest BCUT2D eigenvalue weighted by Gasteiger charge is -2.45. The molecule has 2 unspecified atom stereocenters. The Morgan fingerprint density at radius 1 is 1.24 bits per heavy atom. The third-order valence-electron chi connectivity index (χ3n) is 3.26. The van der Waals surface area contributed by atoms with Crippen molar-refractivity contribution in [3.63, 3.8) is 0 Å². The predicted molar refractivity (Wildman–Crippen MR) is 61.3 cm³/mol. The zero-order valence-corrected chi connectivity index (χ0v) is 11.0. The lowest BCUT2D eigenvalue weighted by molar-refractivity contribution is -0.229. The maximum Gasteiger partial charge on any atom is 0.335 e. The minimum absolute atomic E-state index is 0.368. The Morgan fingerprint density at radius 3 is 2.18 bits per heavy atom. The van der Waals surface area contributed by atoms with Gasteiger partial charge in [0.1, 0.15) is 6.10 Å². The van der Waals surface area contributed by atoms with Gasteiger partial charge in [-0.1, -0.05) is 27.7 Å². The average molecular weight is 246 g/mol. The van der Waals surface area contributed by atoms with Crippen molar-refractivity contribution >= 4 is 5.97 Å². The monoisotopic (exact) mass is 246 g/mol. The number of hydrogen-bond acceptors (Lipinski definition) is 5. The Hall–Kier alpha value is -0.650. The molecule has 0 amide bonds. The molecule has 5 atom stereocenters. The maximum atomic E-state index is 11.6. The van der Waals surface area contributed by atoms with Crippen LogP contribution in [0.3, 0.4) is 0 Å². The highest BCUT2D eigenvalue weighted by molar-refractivity contribution is 5.75. The highest BCUT2D eigenvalue weighted by atomic mass is 16.6. The first-order chi connectivity index (χ1) is 7.70. The molecular weight excluding hydrogens is 224 g/mol. The molecule has 0 spiro atoms. The lowest BCUT2D eigenvalue weighted by Crippen LogP contribution is -2.59. The minimum atomic E-state index is -0.995. The molecule has 17 heavy (non-hydrogen) atoms. The fourth-order valence-corrected chi connectivity index (χ4v) is 2.13. The molecule has 1 fully saturated rings. The summed E-state index contributed by atoms with van der Waals surface area (Å²) in [6.07, 6.45) is -3.41. The van der Waals surface area contributed by atoms with Crippen LogP contribution in [0, 0.1) is 11.3 Å². The highest BCUT2D eigenvalue weighted by Crippen LogP contribution is 2.35. The molecule has 1 aliphatic rings. The van der Waals surface area contributed by atoms with E-state index in [2.05, 4.69) is 4.74 Å². The van der Waals surface area contributed by atoms with Crippen LogP contribution in [0.5, 0.6) is 0 Å². The molecule has 2 N–H and O–H groups in total. The number of methoxy groups -OCH3 is 1. The summed E-state index contributed by atoms with van der Waals surface area (Å²) in [4.78, 5) is 11.6. The first kappa shape index (κ1) is 14.4. The molecule has 1 rings (SSSR count). The van der Waals surface area contributed by atoms with Gasteiger partial charge in [-0.3, -0.25) is 0 Å². The SMILES string of the molecule is COC(=O)[C@H]1O[C@@H](C(C)(C)C)C(O)[C@@H](O)C1C. The number of carbonyl (C=O) groups is 1. The third kappa shape index (κ3) is 2.78. The van der Waals surface area contributed by atoms with Crippen LogP contribution in [0.2, 0.25) is 0 Å². The lowest BCUT2D eigenvalue weighted by atomic mass is 9.78. The van der Waals surface area contributed by atoms with E-state index in [1.165, 1.54) is 7.11 Å². The van der Waals surface area contributed by atoms with E-state index < -0.39 is 36.3 Å². The Balaban J connectivity index is 2.94. The Bertz CT molecular complexity index is 283. The summed E-state index contributed by atoms with van der Waals surface area (Å²) >= 11 is 0. The molecule has 5 nitrogen and oxygen atoms in total. The number of hydrogen-bond donors (Lipinski definition) is 2. The highest BCUT2D eigenvalue weighted by Gasteiger charge is 2.49. The number of carbonyl (C=O) groups excluding carboxylic acids is 1. The molecular formula is C12H22O5. The zero-order chi connectivity index (χ0) is 13.4. The van der Waals surface area contributed by atoms with Gasteiger partial charge in [0.05, 0.1) is 19.3 Å². The molecule has 0 aromatic carbocycles. The Kier molecular flexibility index (Phi) is 4.17. The fourth-order valence-electron chi connectivity index (χ4n) is 2.13. The average Bonchev–Trinajstić information content (AvgIpc) is 2.23. The van der Waals surface area contributed by atoms with Gasteiger partial charge in [-0.05, 0) is 5.41 Å². The zero-order valence-electron chi connectivity index (χ0n) is 11.0. The quantitative estimate of drug-likeness (QED) is 0.652. The summed E-state index contributed by atoms with van der Waals surface area (Å²) in [6, 6.07) is 0. The second-order valence-corrected chi connectivity index (χ2v) is 5.71. The van der Waals surface area contributed by atoms with Crippen LogP contribution in [0.4, 0.5) is 0 Å². The normalized spacial score (nSPS) is 38.9. The molecule has 0 saturated carbocycles. The molecule has 1 saturated heterocycles. The molecule has 0 aromatic rings. The van der Waals surface area contributed by atoms with Gasteiger partial charge in [0.2, 0.25) is 0 Å². The van der Waals surface area contributed by atoms with Crippen LogP contribution < -0.4 is 0 Å². The molecule has 0 aliphatic carbocycles. The van der Waals surface area contributed by atoms with E-state index in [1.807, 2.05) is 20.8 Å². The molecule has 5 heteroatoms. The molecule has 1 aliphatic heterocycles. The number of esters is 1. The van der Waals surface area contributed by atoms with Crippen molar-refractivity contribution in [2.75, 3.05) is 7.11 Å². The van der Waals surface area contributed by atoms with E-state index in [1.54, 1.807) is 6.92 Å². The third-order valence-corrected chi connectivity index (χ3v) is 3.26. The van der Waals surface area contributed by atoms with Gasteiger partial charge in [0, 0.05) is 5.92 Å². The van der Waals surface area contributed by atoms with Crippen LogP contribution in [0.15, 0.2) is 0 Å². The van der Waals surface area contributed by atoms with Crippen LogP contribution in [0.1, 0.15) is 27.7 Å². The summed E-state index contributed by atoms with van der Waals surface area (Å²) < 4.78 is 10.3. The van der Waals surface area contributed by atoms with Gasteiger partial charge in [0.25, 0.3) is 0 Å². The molecule has 1 heterocycles. The van der Waals surface area contributed by atoms with Crippen molar-refractivity contribution in [3.8, 4) is 0 Å². The summed E-state index contributed by atoms with van der Waals surface area (Å²) in [5, 5.41) is 19.9. The predicted octanol–water partition coefficient (Wildman–Crippen LogP) is 0.331. The van der Waals surface area contributed by atoms with E-state index in [4.69, 9.17) is 4.74 Å². The minimum Gasteiger partial charge on any atom is -0.467 e. The van der Waals surface area contributed by atoms with Gasteiger partial charge in [-0.25, -0.2) is 4.79 Å². The largest absolute Gasteiger partial charge is 0.467 e. The summed E-state index contributed by atoms with van der Waals surface area (Å²) in [5.41, 5.74) is -0.368. The van der Waals surface area contributed by atoms with Gasteiger partial charge < -0.3 is 19.7 Å². The van der Waals surface area contributed by atoms with Crippen LogP contribution in [-0.4, -0.2) is 47.7 Å². The van der Waals surface area contributed by atoms with Gasteiger partial charge >= 0.3 is 5.97 Å². The number of rotatable bonds is 1. The summed E-state index contributed by atoms with van der Waals surface area (Å²) in [5.74, 6) is -1.01. The van der Waals surface area contributed by atoms with E-state index >= 15 is 0 Å². The van der Waals surface area contributed by atoms with Crippen molar-refractivity contribution in [3.05, 3.63) is 0 Å². The molecule has 0 bridgehead atoms. The van der Waals surface area contributed by atoms with E-state index in [0.717, 1.165) is 0 Å². The van der Waals surface area contributed by atoms with Crippen LogP contribution in [-0.2, 0) is 14.3 Å². The van der Waals surface area contributed by atoms with Crippen molar-refractivity contribution in [1.29, 1.82) is 0 Å². The van der Waals surface area contributed by atoms with Crippen molar-refractivity contribution in [1.82, 2.24) is 0 Å². The summed E-state index contributed by atoms with van der Waals surface area (Å²) in [6.45, 7) is 7.32. The molecule has 0 radical (unpaired) electrons. The smallest absolute Gasteiger partial charge is 0.335 e. The maximum absolute atomic E-state index is 11.6. The van der Waals surface area contributed by atoms with Crippen LogP contribution in [0.25, 0.3) is 0 Å². The van der Waals surface area contributed by atoms with Crippen molar-refractivity contribution < 1.29 is 24.5 Å². The Labute approximate surface area is 102 Å². The second-order valence-electron chi connectivity index (χ2n) is 5.71. The number of ether oxygens (including phenoxy) is 2. The van der Waals surface area contributed by atoms with E-state index in [0.29, 0.717) is 0 Å². The van der Waals surface area contributed by atoms with E-state index in [-0.39, 0.29) is 5.41 Å². The Morgan fingerprint density at radius 2 is 1.76 bits per heavy atom. The van der Waals surface area contributed by atoms with Crippen LogP contribution >= 0.6 is 0 Å². The fraction of sp³-hybridized carbons (Fsp3) is 0.917. The van der Waals surface area contributed by atoms with Gasteiger partial charge in [-0.2, -0.15) is 0 Å². The molecule has 100 valence electrons. The molecule has 0 aromatic heterocycles. The van der Waals surface area contributed by atoms with Crippen molar-refractivity contribution in [2.45, 2.75) is 52.1 Å².